The lowest BCUT2D eigenvalue weighted by Crippen LogP contribution is -2.26. The van der Waals surface area contributed by atoms with Gasteiger partial charge in [-0.25, -0.2) is 19.3 Å². The predicted octanol–water partition coefficient (Wildman–Crippen LogP) is 2.63. The van der Waals surface area contributed by atoms with Crippen LogP contribution in [0.3, 0.4) is 0 Å². The first-order valence-electron chi connectivity index (χ1n) is 10.6. The summed E-state index contributed by atoms with van der Waals surface area (Å²) >= 11 is 0. The average Bonchev–Trinajstić information content (AvgIpc) is 3.39. The van der Waals surface area contributed by atoms with Gasteiger partial charge in [0.1, 0.15) is 17.4 Å². The van der Waals surface area contributed by atoms with E-state index < -0.39 is 5.91 Å². The van der Waals surface area contributed by atoms with Gasteiger partial charge >= 0.3 is 0 Å². The fraction of sp³-hybridized carbons (Fsp3) is 0.125. The van der Waals surface area contributed by atoms with Crippen LogP contribution in [-0.2, 0) is 11.8 Å². The Labute approximate surface area is 194 Å². The zero-order valence-corrected chi connectivity index (χ0v) is 18.5. The summed E-state index contributed by atoms with van der Waals surface area (Å²) in [6.45, 7) is 1.44. The molecule has 0 bridgehead atoms. The molecule has 0 saturated carbocycles. The molecule has 2 aromatic carbocycles. The van der Waals surface area contributed by atoms with Gasteiger partial charge in [-0.3, -0.25) is 14.3 Å². The Morgan fingerprint density at radius 2 is 1.68 bits per heavy atom. The second-order valence-electron chi connectivity index (χ2n) is 7.58. The molecule has 0 radical (unpaired) electrons. The van der Waals surface area contributed by atoms with Crippen LogP contribution in [0.4, 0.5) is 5.69 Å². The maximum absolute atomic E-state index is 13.0. The number of hydrogen-bond acceptors (Lipinski definition) is 6. The number of nitrogens with one attached hydrogen (secondary N) is 1. The Morgan fingerprint density at radius 1 is 1.00 bits per heavy atom. The van der Waals surface area contributed by atoms with Crippen LogP contribution < -0.4 is 15.6 Å². The number of fused-ring (bicyclic) bond motifs is 1. The molecule has 10 nitrogen and oxygen atoms in total. The lowest BCUT2D eigenvalue weighted by atomic mass is 10.3. The number of amides is 1. The maximum Gasteiger partial charge on any atom is 0.295 e. The highest BCUT2D eigenvalue weighted by Crippen LogP contribution is 2.23. The smallest absolute Gasteiger partial charge is 0.295 e. The highest BCUT2D eigenvalue weighted by molar-refractivity contribution is 5.92. The van der Waals surface area contributed by atoms with Crippen LogP contribution in [0.5, 0.6) is 5.88 Å². The van der Waals surface area contributed by atoms with Crippen LogP contribution in [0.15, 0.2) is 78.0 Å². The number of anilines is 1. The molecule has 0 fully saturated rings. The van der Waals surface area contributed by atoms with E-state index >= 15 is 0 Å². The van der Waals surface area contributed by atoms with Gasteiger partial charge in [-0.05, 0) is 31.2 Å². The first-order chi connectivity index (χ1) is 16.5. The standard InChI is InChI=1S/C24H21N7O3/c1-16-21(24(33)31(29(16)2)18-11-7-4-8-12-18)28-20(32)14-34-23-19-13-27-30(22(19)25-15-26-23)17-9-5-3-6-10-17/h3-13,15H,14H2,1-2H3,(H,28,32). The third-order valence-corrected chi connectivity index (χ3v) is 5.49. The van der Waals surface area contributed by atoms with E-state index in [4.69, 9.17) is 4.74 Å². The van der Waals surface area contributed by atoms with Crippen molar-refractivity contribution in [1.29, 1.82) is 0 Å². The molecule has 170 valence electrons. The summed E-state index contributed by atoms with van der Waals surface area (Å²) in [6.07, 6.45) is 2.95. The Hall–Kier alpha value is -4.73. The van der Waals surface area contributed by atoms with Crippen molar-refractivity contribution < 1.29 is 9.53 Å². The van der Waals surface area contributed by atoms with E-state index in [1.54, 1.807) is 29.5 Å². The number of carbonyl (C=O) groups is 1. The number of hydrogen-bond donors (Lipinski definition) is 1. The highest BCUT2D eigenvalue weighted by atomic mass is 16.5. The van der Waals surface area contributed by atoms with Crippen molar-refractivity contribution >= 4 is 22.6 Å². The molecular weight excluding hydrogens is 434 g/mol. The fourth-order valence-electron chi connectivity index (χ4n) is 3.72. The Morgan fingerprint density at radius 3 is 2.38 bits per heavy atom. The molecule has 5 aromatic rings. The van der Waals surface area contributed by atoms with E-state index in [-0.39, 0.29) is 23.7 Å². The summed E-state index contributed by atoms with van der Waals surface area (Å²) in [4.78, 5) is 34.1. The third-order valence-electron chi connectivity index (χ3n) is 5.49. The van der Waals surface area contributed by atoms with Crippen molar-refractivity contribution in [3.05, 3.63) is 89.2 Å². The molecular formula is C24H21N7O3. The van der Waals surface area contributed by atoms with E-state index in [1.165, 1.54) is 11.0 Å². The zero-order chi connectivity index (χ0) is 23.7. The summed E-state index contributed by atoms with van der Waals surface area (Å²) in [5.74, 6) is -0.248. The molecule has 1 amide bonds. The summed E-state index contributed by atoms with van der Waals surface area (Å²) < 4.78 is 10.5. The summed E-state index contributed by atoms with van der Waals surface area (Å²) in [6, 6.07) is 18.8. The van der Waals surface area contributed by atoms with Gasteiger partial charge in [0.15, 0.2) is 12.3 Å². The van der Waals surface area contributed by atoms with Crippen molar-refractivity contribution in [1.82, 2.24) is 29.1 Å². The van der Waals surface area contributed by atoms with Crippen LogP contribution in [0.2, 0.25) is 0 Å². The molecule has 0 aliphatic heterocycles. The number of rotatable bonds is 6. The van der Waals surface area contributed by atoms with E-state index in [0.717, 1.165) is 5.69 Å². The minimum absolute atomic E-state index is 0.199. The number of ether oxygens (including phenoxy) is 1. The molecule has 0 unspecified atom stereocenters. The molecule has 3 aromatic heterocycles. The van der Waals surface area contributed by atoms with Gasteiger partial charge in [-0.2, -0.15) is 5.10 Å². The minimum atomic E-state index is -0.478. The maximum atomic E-state index is 13.0. The van der Waals surface area contributed by atoms with Gasteiger partial charge < -0.3 is 10.1 Å². The van der Waals surface area contributed by atoms with Crippen LogP contribution in [0, 0.1) is 6.92 Å². The van der Waals surface area contributed by atoms with Gasteiger partial charge in [0.05, 0.1) is 23.3 Å². The second kappa shape index (κ2) is 8.66. The van der Waals surface area contributed by atoms with Crippen molar-refractivity contribution in [2.75, 3.05) is 11.9 Å². The van der Waals surface area contributed by atoms with Gasteiger partial charge in [0.25, 0.3) is 11.5 Å². The van der Waals surface area contributed by atoms with Gasteiger partial charge in [-0.15, -0.1) is 0 Å². The van der Waals surface area contributed by atoms with Gasteiger partial charge in [-0.1, -0.05) is 36.4 Å². The lowest BCUT2D eigenvalue weighted by molar-refractivity contribution is -0.118. The number of benzene rings is 2. The normalized spacial score (nSPS) is 11.0. The van der Waals surface area contributed by atoms with Crippen molar-refractivity contribution in [3.63, 3.8) is 0 Å². The molecule has 0 aliphatic rings. The van der Waals surface area contributed by atoms with E-state index in [2.05, 4.69) is 20.4 Å². The summed E-state index contributed by atoms with van der Waals surface area (Å²) in [5, 5.41) is 7.62. The number of aromatic nitrogens is 6. The van der Waals surface area contributed by atoms with Gasteiger partial charge in [0, 0.05) is 7.05 Å². The van der Waals surface area contributed by atoms with Gasteiger partial charge in [0.2, 0.25) is 5.88 Å². The minimum Gasteiger partial charge on any atom is -0.467 e. The topological polar surface area (TPSA) is 109 Å². The highest BCUT2D eigenvalue weighted by Gasteiger charge is 2.19. The van der Waals surface area contributed by atoms with E-state index in [0.29, 0.717) is 22.4 Å². The molecule has 0 saturated heterocycles. The largest absolute Gasteiger partial charge is 0.467 e. The molecule has 0 aliphatic carbocycles. The first-order valence-corrected chi connectivity index (χ1v) is 10.6. The first kappa shape index (κ1) is 21.1. The van der Waals surface area contributed by atoms with Crippen molar-refractivity contribution in [2.45, 2.75) is 6.92 Å². The van der Waals surface area contributed by atoms with E-state index in [1.807, 2.05) is 60.7 Å². The monoisotopic (exact) mass is 455 g/mol. The van der Waals surface area contributed by atoms with Crippen LogP contribution in [0.1, 0.15) is 5.69 Å². The molecule has 1 N–H and O–H groups in total. The quantitative estimate of drug-likeness (QED) is 0.422. The zero-order valence-electron chi connectivity index (χ0n) is 18.5. The Kier molecular flexibility index (Phi) is 5.38. The molecule has 10 heteroatoms. The lowest BCUT2D eigenvalue weighted by Gasteiger charge is -2.07. The fourth-order valence-corrected chi connectivity index (χ4v) is 3.72. The average molecular weight is 455 g/mol. The molecule has 0 atom stereocenters. The summed E-state index contributed by atoms with van der Waals surface area (Å²) in [5.41, 5.74) is 2.60. The van der Waals surface area contributed by atoms with Crippen molar-refractivity contribution in [2.24, 2.45) is 7.05 Å². The molecule has 0 spiro atoms. The molecule has 34 heavy (non-hydrogen) atoms. The predicted molar refractivity (Wildman–Crippen MR) is 127 cm³/mol. The molecule has 5 rings (SSSR count). The third kappa shape index (κ3) is 3.71. The van der Waals surface area contributed by atoms with E-state index in [9.17, 15) is 9.59 Å². The summed E-state index contributed by atoms with van der Waals surface area (Å²) in [7, 11) is 1.76. The molecule has 3 heterocycles. The Balaban J connectivity index is 1.35. The van der Waals surface area contributed by atoms with Crippen LogP contribution in [-0.4, -0.2) is 41.6 Å². The van der Waals surface area contributed by atoms with Crippen LogP contribution in [0.25, 0.3) is 22.4 Å². The van der Waals surface area contributed by atoms with Crippen molar-refractivity contribution in [3.8, 4) is 17.3 Å². The Bertz CT molecular complexity index is 1540. The van der Waals surface area contributed by atoms with Crippen LogP contribution >= 0.6 is 0 Å². The number of carbonyl (C=O) groups excluding carboxylic acids is 1. The number of nitrogens with zero attached hydrogens (tertiary/aromatic N) is 6. The SMILES string of the molecule is Cc1c(NC(=O)COc2ncnc3c2cnn3-c2ccccc2)c(=O)n(-c2ccccc2)n1C. The second-order valence-corrected chi connectivity index (χ2v) is 7.58. The number of para-hydroxylation sites is 2.